The van der Waals surface area contributed by atoms with Gasteiger partial charge in [-0.15, -0.1) is 11.3 Å². The second-order valence-corrected chi connectivity index (χ2v) is 6.40. The smallest absolute Gasteiger partial charge is 0.0928 e. The van der Waals surface area contributed by atoms with E-state index in [1.807, 2.05) is 0 Å². The molecule has 3 rings (SSSR count). The van der Waals surface area contributed by atoms with Crippen LogP contribution in [0.4, 0.5) is 5.69 Å². The molecule has 2 N–H and O–H groups in total. The molecule has 1 atom stereocenters. The Kier molecular flexibility index (Phi) is 4.03. The summed E-state index contributed by atoms with van der Waals surface area (Å²) < 4.78 is 0. The summed E-state index contributed by atoms with van der Waals surface area (Å²) in [4.78, 5) is 7.10. The van der Waals surface area contributed by atoms with Gasteiger partial charge in [0.05, 0.1) is 17.2 Å². The Labute approximate surface area is 124 Å². The summed E-state index contributed by atoms with van der Waals surface area (Å²) in [6.07, 6.45) is 3.22. The molecule has 3 nitrogen and oxygen atoms in total. The minimum Gasteiger partial charge on any atom is -0.364 e. The monoisotopic (exact) mass is 287 g/mol. The van der Waals surface area contributed by atoms with Crippen LogP contribution >= 0.6 is 11.3 Å². The van der Waals surface area contributed by atoms with Gasteiger partial charge in [0.1, 0.15) is 0 Å². The number of thiazole rings is 1. The van der Waals surface area contributed by atoms with Crippen molar-refractivity contribution in [1.29, 1.82) is 0 Å². The third-order valence-corrected chi connectivity index (χ3v) is 4.64. The molecule has 0 saturated carbocycles. The van der Waals surface area contributed by atoms with Crippen LogP contribution in [-0.2, 0) is 19.4 Å². The average molecular weight is 287 g/mol. The molecule has 0 bridgehead atoms. The van der Waals surface area contributed by atoms with E-state index < -0.39 is 0 Å². The van der Waals surface area contributed by atoms with Crippen molar-refractivity contribution in [3.8, 4) is 0 Å². The Morgan fingerprint density at radius 2 is 2.25 bits per heavy atom. The Bertz CT molecular complexity index is 579. The highest BCUT2D eigenvalue weighted by Crippen LogP contribution is 2.28. The van der Waals surface area contributed by atoms with Crippen LogP contribution in [0.3, 0.4) is 0 Å². The van der Waals surface area contributed by atoms with Gasteiger partial charge in [0, 0.05) is 23.7 Å². The number of nitrogens with zero attached hydrogens (tertiary/aromatic N) is 2. The number of aryl methyl sites for hydroxylation is 1. The standard InChI is InChI=1S/C16H21N3S/c1-2-5-16-18-14(11-20-16)10-19-9-13(17)8-12-6-3-4-7-15(12)19/h3-4,6-7,11,13H,2,5,8-10,17H2,1H3. The van der Waals surface area contributed by atoms with E-state index in [0.29, 0.717) is 0 Å². The number of benzene rings is 1. The van der Waals surface area contributed by atoms with Crippen LogP contribution in [0, 0.1) is 0 Å². The molecule has 20 heavy (non-hydrogen) atoms. The Hall–Kier alpha value is -1.39. The zero-order chi connectivity index (χ0) is 13.9. The lowest BCUT2D eigenvalue weighted by atomic mass is 9.98. The van der Waals surface area contributed by atoms with Gasteiger partial charge < -0.3 is 10.6 Å². The number of nitrogens with two attached hydrogens (primary N) is 1. The van der Waals surface area contributed by atoms with Gasteiger partial charge in [0.25, 0.3) is 0 Å². The molecule has 2 aromatic rings. The van der Waals surface area contributed by atoms with Gasteiger partial charge >= 0.3 is 0 Å². The lowest BCUT2D eigenvalue weighted by molar-refractivity contribution is 0.596. The molecule has 4 heteroatoms. The summed E-state index contributed by atoms with van der Waals surface area (Å²) in [5, 5.41) is 3.44. The van der Waals surface area contributed by atoms with Crippen LogP contribution in [0.15, 0.2) is 29.6 Å². The van der Waals surface area contributed by atoms with E-state index in [-0.39, 0.29) is 6.04 Å². The molecular formula is C16H21N3S. The second kappa shape index (κ2) is 5.94. The second-order valence-electron chi connectivity index (χ2n) is 5.46. The van der Waals surface area contributed by atoms with Gasteiger partial charge in [-0.1, -0.05) is 25.1 Å². The minimum absolute atomic E-state index is 0.221. The molecule has 1 aliphatic rings. The molecule has 1 aromatic carbocycles. The van der Waals surface area contributed by atoms with E-state index in [4.69, 9.17) is 10.7 Å². The van der Waals surface area contributed by atoms with Gasteiger partial charge in [-0.3, -0.25) is 0 Å². The third-order valence-electron chi connectivity index (χ3n) is 3.69. The predicted molar refractivity (Wildman–Crippen MR) is 85.3 cm³/mol. The fraction of sp³-hybridized carbons (Fsp3) is 0.438. The first kappa shape index (κ1) is 13.6. The van der Waals surface area contributed by atoms with Gasteiger partial charge in [0.2, 0.25) is 0 Å². The van der Waals surface area contributed by atoms with Gasteiger partial charge in [-0.2, -0.15) is 0 Å². The Morgan fingerprint density at radius 3 is 3.10 bits per heavy atom. The topological polar surface area (TPSA) is 42.2 Å². The minimum atomic E-state index is 0.221. The number of rotatable bonds is 4. The van der Waals surface area contributed by atoms with E-state index in [1.165, 1.54) is 22.0 Å². The SMILES string of the molecule is CCCc1nc(CN2CC(N)Cc3ccccc32)cs1. The van der Waals surface area contributed by atoms with Gasteiger partial charge in [0.15, 0.2) is 0 Å². The van der Waals surface area contributed by atoms with Crippen molar-refractivity contribution < 1.29 is 0 Å². The summed E-state index contributed by atoms with van der Waals surface area (Å²) in [7, 11) is 0. The molecule has 0 radical (unpaired) electrons. The average Bonchev–Trinajstić information content (AvgIpc) is 2.86. The molecule has 1 unspecified atom stereocenters. The number of aromatic nitrogens is 1. The molecule has 0 aliphatic carbocycles. The first-order chi connectivity index (χ1) is 9.76. The van der Waals surface area contributed by atoms with Crippen LogP contribution in [0.5, 0.6) is 0 Å². The number of anilines is 1. The van der Waals surface area contributed by atoms with Crippen molar-refractivity contribution in [3.05, 3.63) is 45.9 Å². The van der Waals surface area contributed by atoms with Crippen molar-refractivity contribution in [3.63, 3.8) is 0 Å². The summed E-state index contributed by atoms with van der Waals surface area (Å²) in [6.45, 7) is 3.98. The van der Waals surface area contributed by atoms with E-state index in [2.05, 4.69) is 41.5 Å². The van der Waals surface area contributed by atoms with Crippen LogP contribution in [0.2, 0.25) is 0 Å². The number of fused-ring (bicyclic) bond motifs is 1. The van der Waals surface area contributed by atoms with E-state index in [1.54, 1.807) is 11.3 Å². The molecule has 2 heterocycles. The quantitative estimate of drug-likeness (QED) is 0.940. The Balaban J connectivity index is 1.79. The van der Waals surface area contributed by atoms with E-state index in [9.17, 15) is 0 Å². The zero-order valence-corrected chi connectivity index (χ0v) is 12.7. The lowest BCUT2D eigenvalue weighted by Crippen LogP contribution is -2.42. The Morgan fingerprint density at radius 1 is 1.40 bits per heavy atom. The summed E-state index contributed by atoms with van der Waals surface area (Å²) >= 11 is 1.78. The van der Waals surface area contributed by atoms with Crippen LogP contribution in [-0.4, -0.2) is 17.6 Å². The van der Waals surface area contributed by atoms with Gasteiger partial charge in [-0.05, 0) is 30.9 Å². The highest BCUT2D eigenvalue weighted by atomic mass is 32.1. The van der Waals surface area contributed by atoms with Crippen molar-refractivity contribution >= 4 is 17.0 Å². The normalized spacial score (nSPS) is 18.1. The zero-order valence-electron chi connectivity index (χ0n) is 11.9. The number of para-hydroxylation sites is 1. The fourth-order valence-corrected chi connectivity index (χ4v) is 3.71. The molecular weight excluding hydrogens is 266 g/mol. The third kappa shape index (κ3) is 2.86. The maximum Gasteiger partial charge on any atom is 0.0928 e. The molecule has 0 spiro atoms. The molecule has 0 amide bonds. The lowest BCUT2D eigenvalue weighted by Gasteiger charge is -2.34. The summed E-state index contributed by atoms with van der Waals surface area (Å²) in [5.74, 6) is 0. The molecule has 1 aromatic heterocycles. The maximum absolute atomic E-state index is 6.19. The first-order valence-corrected chi connectivity index (χ1v) is 8.16. The molecule has 0 saturated heterocycles. The van der Waals surface area contributed by atoms with Crippen molar-refractivity contribution in [2.45, 2.75) is 38.8 Å². The van der Waals surface area contributed by atoms with E-state index >= 15 is 0 Å². The fourth-order valence-electron chi connectivity index (χ4n) is 2.82. The number of hydrogen-bond donors (Lipinski definition) is 1. The maximum atomic E-state index is 6.19. The van der Waals surface area contributed by atoms with Gasteiger partial charge in [-0.25, -0.2) is 4.98 Å². The molecule has 106 valence electrons. The van der Waals surface area contributed by atoms with Crippen molar-refractivity contribution in [2.75, 3.05) is 11.4 Å². The van der Waals surface area contributed by atoms with Crippen LogP contribution in [0.1, 0.15) is 29.6 Å². The number of hydrogen-bond acceptors (Lipinski definition) is 4. The summed E-state index contributed by atoms with van der Waals surface area (Å²) in [6, 6.07) is 8.80. The molecule has 0 fully saturated rings. The first-order valence-electron chi connectivity index (χ1n) is 7.28. The highest BCUT2D eigenvalue weighted by molar-refractivity contribution is 7.09. The van der Waals surface area contributed by atoms with E-state index in [0.717, 1.165) is 32.4 Å². The van der Waals surface area contributed by atoms with Crippen molar-refractivity contribution in [2.24, 2.45) is 5.73 Å². The van der Waals surface area contributed by atoms with Crippen LogP contribution < -0.4 is 10.6 Å². The summed E-state index contributed by atoms with van der Waals surface area (Å²) in [5.41, 5.74) is 10.0. The largest absolute Gasteiger partial charge is 0.364 e. The molecule has 1 aliphatic heterocycles. The van der Waals surface area contributed by atoms with Crippen LogP contribution in [0.25, 0.3) is 0 Å². The highest BCUT2D eigenvalue weighted by Gasteiger charge is 2.22. The van der Waals surface area contributed by atoms with Crippen molar-refractivity contribution in [1.82, 2.24) is 4.98 Å². The predicted octanol–water partition coefficient (Wildman–Crippen LogP) is 2.99.